The fourth-order valence-corrected chi connectivity index (χ4v) is 5.29. The molecule has 0 spiro atoms. The molecule has 0 bridgehead atoms. The standard InChI is InChI=1S/C18H10Br4/c19-13-6-2-7-14(20)17(13)11-4-1-5-12(10-11)18-15(21)8-3-9-16(18)22/h1-10H. The van der Waals surface area contributed by atoms with Gasteiger partial charge in [0.25, 0.3) is 0 Å². The van der Waals surface area contributed by atoms with Crippen LogP contribution >= 0.6 is 63.7 Å². The van der Waals surface area contributed by atoms with Gasteiger partial charge in [-0.3, -0.25) is 0 Å². The lowest BCUT2D eigenvalue weighted by molar-refractivity contribution is 1.52. The number of hydrogen-bond donors (Lipinski definition) is 0. The molecule has 0 aliphatic carbocycles. The zero-order chi connectivity index (χ0) is 15.7. The van der Waals surface area contributed by atoms with Crippen molar-refractivity contribution in [2.24, 2.45) is 0 Å². The first-order chi connectivity index (χ1) is 10.6. The van der Waals surface area contributed by atoms with Crippen LogP contribution in [0.25, 0.3) is 22.3 Å². The zero-order valence-corrected chi connectivity index (χ0v) is 17.6. The van der Waals surface area contributed by atoms with E-state index in [1.807, 2.05) is 12.1 Å². The predicted octanol–water partition coefficient (Wildman–Crippen LogP) is 8.07. The van der Waals surface area contributed by atoms with Gasteiger partial charge in [-0.1, -0.05) is 94.1 Å². The van der Waals surface area contributed by atoms with Gasteiger partial charge < -0.3 is 0 Å². The van der Waals surface area contributed by atoms with Crippen molar-refractivity contribution < 1.29 is 0 Å². The molecule has 3 aromatic rings. The lowest BCUT2D eigenvalue weighted by atomic mass is 9.99. The Morgan fingerprint density at radius 3 is 1.14 bits per heavy atom. The monoisotopic (exact) mass is 542 g/mol. The Bertz CT molecular complexity index is 733. The lowest BCUT2D eigenvalue weighted by Gasteiger charge is -2.12. The summed E-state index contributed by atoms with van der Waals surface area (Å²) < 4.78 is 4.30. The van der Waals surface area contributed by atoms with Gasteiger partial charge in [0.1, 0.15) is 0 Å². The summed E-state index contributed by atoms with van der Waals surface area (Å²) in [4.78, 5) is 0. The van der Waals surface area contributed by atoms with E-state index in [9.17, 15) is 0 Å². The van der Waals surface area contributed by atoms with E-state index in [1.54, 1.807) is 0 Å². The third-order valence-electron chi connectivity index (χ3n) is 3.37. The molecular formula is C18H10Br4. The van der Waals surface area contributed by atoms with Crippen LogP contribution < -0.4 is 0 Å². The molecule has 0 heterocycles. The Balaban J connectivity index is 2.19. The minimum absolute atomic E-state index is 1.07. The molecule has 22 heavy (non-hydrogen) atoms. The zero-order valence-electron chi connectivity index (χ0n) is 11.3. The lowest BCUT2D eigenvalue weighted by Crippen LogP contribution is -1.86. The number of hydrogen-bond acceptors (Lipinski definition) is 0. The Morgan fingerprint density at radius 1 is 0.455 bits per heavy atom. The third kappa shape index (κ3) is 3.25. The Kier molecular flexibility index (Phi) is 5.23. The SMILES string of the molecule is Brc1cccc(Br)c1-c1cccc(-c2c(Br)cccc2Br)c1. The first kappa shape index (κ1) is 16.4. The van der Waals surface area contributed by atoms with Crippen molar-refractivity contribution in [3.05, 3.63) is 78.6 Å². The molecule has 3 rings (SSSR count). The molecule has 0 unspecified atom stereocenters. The van der Waals surface area contributed by atoms with E-state index in [-0.39, 0.29) is 0 Å². The van der Waals surface area contributed by atoms with Gasteiger partial charge >= 0.3 is 0 Å². The summed E-state index contributed by atoms with van der Waals surface area (Å²) >= 11 is 14.6. The quantitative estimate of drug-likeness (QED) is 0.305. The van der Waals surface area contributed by atoms with Crippen LogP contribution in [0, 0.1) is 0 Å². The van der Waals surface area contributed by atoms with Crippen LogP contribution in [0.15, 0.2) is 78.6 Å². The normalized spacial score (nSPS) is 10.7. The predicted molar refractivity (Wildman–Crippen MR) is 108 cm³/mol. The van der Waals surface area contributed by atoms with E-state index in [0.717, 1.165) is 29.0 Å². The molecule has 0 amide bonds. The molecule has 110 valence electrons. The average Bonchev–Trinajstić information content (AvgIpc) is 2.47. The second-order valence-electron chi connectivity index (χ2n) is 4.77. The van der Waals surface area contributed by atoms with E-state index in [4.69, 9.17) is 0 Å². The van der Waals surface area contributed by atoms with Crippen molar-refractivity contribution in [2.45, 2.75) is 0 Å². The van der Waals surface area contributed by atoms with Crippen LogP contribution in [0.4, 0.5) is 0 Å². The molecule has 0 N–H and O–H groups in total. The van der Waals surface area contributed by atoms with Crippen molar-refractivity contribution in [3.8, 4) is 22.3 Å². The van der Waals surface area contributed by atoms with Gasteiger partial charge in [-0.05, 0) is 41.5 Å². The maximum absolute atomic E-state index is 3.65. The van der Waals surface area contributed by atoms with Crippen LogP contribution in [0.3, 0.4) is 0 Å². The molecular weight excluding hydrogens is 536 g/mol. The highest BCUT2D eigenvalue weighted by molar-refractivity contribution is 9.11. The van der Waals surface area contributed by atoms with Gasteiger partial charge in [0, 0.05) is 29.0 Å². The minimum atomic E-state index is 1.07. The van der Waals surface area contributed by atoms with Gasteiger partial charge in [-0.15, -0.1) is 0 Å². The molecule has 0 aliphatic heterocycles. The molecule has 0 fully saturated rings. The molecule has 0 radical (unpaired) electrons. The Hall–Kier alpha value is -0.420. The smallest absolute Gasteiger partial charge is 0.0265 e. The van der Waals surface area contributed by atoms with Crippen molar-refractivity contribution in [2.75, 3.05) is 0 Å². The fraction of sp³-hybridized carbons (Fsp3) is 0. The summed E-state index contributed by atoms with van der Waals surface area (Å²) in [5.74, 6) is 0. The van der Waals surface area contributed by atoms with E-state index >= 15 is 0 Å². The van der Waals surface area contributed by atoms with Crippen LogP contribution in [0.5, 0.6) is 0 Å². The Morgan fingerprint density at radius 2 is 0.773 bits per heavy atom. The first-order valence-corrected chi connectivity index (χ1v) is 9.74. The molecule has 0 aromatic heterocycles. The summed E-state index contributed by atoms with van der Waals surface area (Å²) in [6.45, 7) is 0. The van der Waals surface area contributed by atoms with E-state index in [2.05, 4.69) is 112 Å². The number of rotatable bonds is 2. The number of halogens is 4. The van der Waals surface area contributed by atoms with Crippen molar-refractivity contribution >= 4 is 63.7 Å². The van der Waals surface area contributed by atoms with Crippen molar-refractivity contribution in [3.63, 3.8) is 0 Å². The summed E-state index contributed by atoms with van der Waals surface area (Å²) in [6, 6.07) is 20.8. The summed E-state index contributed by atoms with van der Waals surface area (Å²) in [5.41, 5.74) is 4.65. The van der Waals surface area contributed by atoms with Crippen molar-refractivity contribution in [1.29, 1.82) is 0 Å². The van der Waals surface area contributed by atoms with Gasteiger partial charge in [0.2, 0.25) is 0 Å². The first-order valence-electron chi connectivity index (χ1n) is 6.57. The fourth-order valence-electron chi connectivity index (χ4n) is 2.38. The van der Waals surface area contributed by atoms with E-state index < -0.39 is 0 Å². The van der Waals surface area contributed by atoms with Gasteiger partial charge in [0.05, 0.1) is 0 Å². The highest BCUT2D eigenvalue weighted by atomic mass is 79.9. The van der Waals surface area contributed by atoms with E-state index in [1.165, 1.54) is 11.1 Å². The summed E-state index contributed by atoms with van der Waals surface area (Å²) in [5, 5.41) is 0. The highest BCUT2D eigenvalue weighted by Crippen LogP contribution is 2.39. The van der Waals surface area contributed by atoms with Crippen LogP contribution in [-0.2, 0) is 0 Å². The maximum Gasteiger partial charge on any atom is 0.0265 e. The summed E-state index contributed by atoms with van der Waals surface area (Å²) in [7, 11) is 0. The third-order valence-corrected chi connectivity index (χ3v) is 6.01. The van der Waals surface area contributed by atoms with Gasteiger partial charge in [0.15, 0.2) is 0 Å². The minimum Gasteiger partial charge on any atom is -0.0610 e. The number of benzene rings is 3. The molecule has 0 atom stereocenters. The van der Waals surface area contributed by atoms with Gasteiger partial charge in [-0.2, -0.15) is 0 Å². The summed E-state index contributed by atoms with van der Waals surface area (Å²) in [6.07, 6.45) is 0. The van der Waals surface area contributed by atoms with E-state index in [0.29, 0.717) is 0 Å². The van der Waals surface area contributed by atoms with Crippen LogP contribution in [0.2, 0.25) is 0 Å². The van der Waals surface area contributed by atoms with Crippen LogP contribution in [0.1, 0.15) is 0 Å². The largest absolute Gasteiger partial charge is 0.0610 e. The second-order valence-corrected chi connectivity index (χ2v) is 8.19. The molecule has 3 aromatic carbocycles. The Labute approximate surface area is 163 Å². The highest BCUT2D eigenvalue weighted by Gasteiger charge is 2.11. The second kappa shape index (κ2) is 7.00. The van der Waals surface area contributed by atoms with Gasteiger partial charge in [-0.25, -0.2) is 0 Å². The molecule has 0 aliphatic rings. The average molecular weight is 546 g/mol. The van der Waals surface area contributed by atoms with Crippen molar-refractivity contribution in [1.82, 2.24) is 0 Å². The van der Waals surface area contributed by atoms with Crippen LogP contribution in [-0.4, -0.2) is 0 Å². The molecule has 0 nitrogen and oxygen atoms in total. The molecule has 4 heteroatoms. The maximum atomic E-state index is 3.65. The molecule has 0 saturated heterocycles. The topological polar surface area (TPSA) is 0 Å². The molecule has 0 saturated carbocycles.